The van der Waals surface area contributed by atoms with E-state index in [1.807, 2.05) is 0 Å². The SMILES string of the molecule is COc1ccc(/C=C\C(=O)O)cc1S(=O)(=O)Nc1cccnc1. The molecule has 0 atom stereocenters. The largest absolute Gasteiger partial charge is 0.495 e. The molecule has 0 fully saturated rings. The van der Waals surface area contributed by atoms with Crippen LogP contribution in [0, 0.1) is 0 Å². The van der Waals surface area contributed by atoms with Crippen LogP contribution in [-0.2, 0) is 14.8 Å². The molecule has 1 heterocycles. The minimum Gasteiger partial charge on any atom is -0.495 e. The minimum absolute atomic E-state index is 0.101. The number of hydrogen-bond acceptors (Lipinski definition) is 5. The number of carbonyl (C=O) groups is 1. The van der Waals surface area contributed by atoms with E-state index in [9.17, 15) is 13.2 Å². The molecule has 8 heteroatoms. The zero-order chi connectivity index (χ0) is 16.9. The number of nitrogens with one attached hydrogen (secondary N) is 1. The highest BCUT2D eigenvalue weighted by Crippen LogP contribution is 2.27. The van der Waals surface area contributed by atoms with Crippen LogP contribution in [0.4, 0.5) is 5.69 Å². The Morgan fingerprint density at radius 2 is 2.13 bits per heavy atom. The Morgan fingerprint density at radius 1 is 1.35 bits per heavy atom. The van der Waals surface area contributed by atoms with Gasteiger partial charge in [0.25, 0.3) is 10.0 Å². The number of methoxy groups -OCH3 is 1. The van der Waals surface area contributed by atoms with Crippen molar-refractivity contribution in [3.63, 3.8) is 0 Å². The zero-order valence-electron chi connectivity index (χ0n) is 12.1. The van der Waals surface area contributed by atoms with Crippen molar-refractivity contribution < 1.29 is 23.1 Å². The average Bonchev–Trinajstić information content (AvgIpc) is 2.53. The van der Waals surface area contributed by atoms with Gasteiger partial charge in [0.1, 0.15) is 10.6 Å². The van der Waals surface area contributed by atoms with Crippen LogP contribution < -0.4 is 9.46 Å². The molecule has 0 radical (unpaired) electrons. The van der Waals surface area contributed by atoms with Crippen molar-refractivity contribution in [2.24, 2.45) is 0 Å². The molecule has 7 nitrogen and oxygen atoms in total. The van der Waals surface area contributed by atoms with Crippen molar-refractivity contribution in [3.05, 3.63) is 54.4 Å². The van der Waals surface area contributed by atoms with Crippen LogP contribution in [0.25, 0.3) is 6.08 Å². The Balaban J connectivity index is 2.42. The fourth-order valence-corrected chi connectivity index (χ4v) is 3.06. The molecular weight excluding hydrogens is 320 g/mol. The van der Waals surface area contributed by atoms with Gasteiger partial charge in [-0.3, -0.25) is 9.71 Å². The second-order valence-corrected chi connectivity index (χ2v) is 6.08. The Kier molecular flexibility index (Phi) is 4.97. The van der Waals surface area contributed by atoms with E-state index in [-0.39, 0.29) is 10.6 Å². The van der Waals surface area contributed by atoms with E-state index in [1.165, 1.54) is 37.7 Å². The Labute approximate surface area is 133 Å². The number of aliphatic carboxylic acids is 1. The van der Waals surface area contributed by atoms with Gasteiger partial charge >= 0.3 is 5.97 Å². The summed E-state index contributed by atoms with van der Waals surface area (Å²) in [7, 11) is -2.56. The summed E-state index contributed by atoms with van der Waals surface area (Å²) in [4.78, 5) is 14.3. The standard InChI is InChI=1S/C15H14N2O5S/c1-22-13-6-4-11(5-7-15(18)19)9-14(13)23(20,21)17-12-3-2-8-16-10-12/h2-10,17H,1H3,(H,18,19)/b7-5-. The smallest absolute Gasteiger partial charge is 0.328 e. The molecule has 23 heavy (non-hydrogen) atoms. The minimum atomic E-state index is -3.91. The molecule has 0 aliphatic rings. The predicted octanol–water partition coefficient (Wildman–Crippen LogP) is 1.99. The molecule has 0 spiro atoms. The molecule has 1 aromatic heterocycles. The number of carboxylic acids is 1. The number of carboxylic acid groups (broad SMARTS) is 1. The van der Waals surface area contributed by atoms with Crippen LogP contribution in [-0.4, -0.2) is 31.6 Å². The second kappa shape index (κ2) is 6.93. The van der Waals surface area contributed by atoms with E-state index in [0.717, 1.165) is 6.08 Å². The predicted molar refractivity (Wildman–Crippen MR) is 84.7 cm³/mol. The lowest BCUT2D eigenvalue weighted by Crippen LogP contribution is -2.14. The highest BCUT2D eigenvalue weighted by Gasteiger charge is 2.20. The van der Waals surface area contributed by atoms with Crippen LogP contribution >= 0.6 is 0 Å². The van der Waals surface area contributed by atoms with Crippen molar-refractivity contribution in [3.8, 4) is 5.75 Å². The molecule has 2 rings (SSSR count). The van der Waals surface area contributed by atoms with E-state index < -0.39 is 16.0 Å². The summed E-state index contributed by atoms with van der Waals surface area (Å²) in [6.07, 6.45) is 5.12. The van der Waals surface area contributed by atoms with Gasteiger partial charge in [-0.05, 0) is 35.9 Å². The van der Waals surface area contributed by atoms with Crippen LogP contribution in [0.2, 0.25) is 0 Å². The van der Waals surface area contributed by atoms with Gasteiger partial charge in [0, 0.05) is 12.3 Å². The number of nitrogens with zero attached hydrogens (tertiary/aromatic N) is 1. The maximum Gasteiger partial charge on any atom is 0.328 e. The summed E-state index contributed by atoms with van der Waals surface area (Å²) in [5.74, 6) is -0.979. The van der Waals surface area contributed by atoms with Gasteiger partial charge in [-0.1, -0.05) is 6.07 Å². The number of pyridine rings is 1. The van der Waals surface area contributed by atoms with E-state index >= 15 is 0 Å². The number of ether oxygens (including phenoxy) is 1. The lowest BCUT2D eigenvalue weighted by molar-refractivity contribution is -0.131. The molecule has 0 aliphatic heterocycles. The van der Waals surface area contributed by atoms with Gasteiger partial charge in [0.15, 0.2) is 0 Å². The molecule has 120 valence electrons. The van der Waals surface area contributed by atoms with Crippen LogP contribution in [0.1, 0.15) is 5.56 Å². The molecular formula is C15H14N2O5S. The van der Waals surface area contributed by atoms with Crippen molar-refractivity contribution in [2.75, 3.05) is 11.8 Å². The highest BCUT2D eigenvalue weighted by atomic mass is 32.2. The Morgan fingerprint density at radius 3 is 2.74 bits per heavy atom. The monoisotopic (exact) mass is 334 g/mol. The summed E-state index contributed by atoms with van der Waals surface area (Å²) >= 11 is 0. The zero-order valence-corrected chi connectivity index (χ0v) is 12.9. The van der Waals surface area contributed by atoms with Crippen molar-refractivity contribution >= 4 is 27.8 Å². The fourth-order valence-electron chi connectivity index (χ4n) is 1.81. The summed E-state index contributed by atoms with van der Waals surface area (Å²) in [5.41, 5.74) is 0.723. The molecule has 0 amide bonds. The number of anilines is 1. The molecule has 0 saturated heterocycles. The molecule has 0 aliphatic carbocycles. The first kappa shape index (κ1) is 16.5. The van der Waals surface area contributed by atoms with Gasteiger partial charge in [-0.15, -0.1) is 0 Å². The maximum atomic E-state index is 12.5. The first-order chi connectivity index (χ1) is 10.9. The molecule has 0 unspecified atom stereocenters. The third-order valence-electron chi connectivity index (χ3n) is 2.81. The van der Waals surface area contributed by atoms with Crippen molar-refractivity contribution in [1.29, 1.82) is 0 Å². The maximum absolute atomic E-state index is 12.5. The highest BCUT2D eigenvalue weighted by molar-refractivity contribution is 7.92. The van der Waals surface area contributed by atoms with E-state index in [2.05, 4.69) is 9.71 Å². The van der Waals surface area contributed by atoms with Crippen LogP contribution in [0.5, 0.6) is 5.75 Å². The van der Waals surface area contributed by atoms with Gasteiger partial charge in [0.05, 0.1) is 19.0 Å². The third-order valence-corrected chi connectivity index (χ3v) is 4.21. The number of rotatable bonds is 6. The Bertz CT molecular complexity index is 832. The second-order valence-electron chi connectivity index (χ2n) is 4.43. The summed E-state index contributed by atoms with van der Waals surface area (Å²) < 4.78 is 32.5. The number of benzene rings is 1. The molecule has 0 bridgehead atoms. The van der Waals surface area contributed by atoms with Crippen molar-refractivity contribution in [2.45, 2.75) is 4.90 Å². The van der Waals surface area contributed by atoms with E-state index in [0.29, 0.717) is 11.3 Å². The summed E-state index contributed by atoms with van der Waals surface area (Å²) in [6, 6.07) is 7.50. The molecule has 2 aromatic rings. The van der Waals surface area contributed by atoms with E-state index in [1.54, 1.807) is 18.2 Å². The van der Waals surface area contributed by atoms with Crippen LogP contribution in [0.3, 0.4) is 0 Å². The topological polar surface area (TPSA) is 106 Å². The number of aromatic nitrogens is 1. The first-order valence-electron chi connectivity index (χ1n) is 6.44. The van der Waals surface area contributed by atoms with Gasteiger partial charge in [-0.25, -0.2) is 13.2 Å². The first-order valence-corrected chi connectivity index (χ1v) is 7.92. The lowest BCUT2D eigenvalue weighted by Gasteiger charge is -2.12. The quantitative estimate of drug-likeness (QED) is 0.783. The third kappa shape index (κ3) is 4.30. The lowest BCUT2D eigenvalue weighted by atomic mass is 10.2. The molecule has 1 aromatic carbocycles. The average molecular weight is 334 g/mol. The summed E-state index contributed by atoms with van der Waals surface area (Å²) in [5, 5.41) is 8.65. The number of sulfonamides is 1. The van der Waals surface area contributed by atoms with Crippen molar-refractivity contribution in [1.82, 2.24) is 4.98 Å². The van der Waals surface area contributed by atoms with Crippen LogP contribution in [0.15, 0.2) is 53.7 Å². The molecule has 2 N–H and O–H groups in total. The number of hydrogen-bond donors (Lipinski definition) is 2. The fraction of sp³-hybridized carbons (Fsp3) is 0.0667. The van der Waals surface area contributed by atoms with E-state index in [4.69, 9.17) is 9.84 Å². The van der Waals surface area contributed by atoms with Gasteiger partial charge < -0.3 is 9.84 Å². The summed E-state index contributed by atoms with van der Waals surface area (Å²) in [6.45, 7) is 0. The molecule has 0 saturated carbocycles. The van der Waals surface area contributed by atoms with Gasteiger partial charge in [0.2, 0.25) is 0 Å². The Hall–Kier alpha value is -2.87. The normalized spacial score (nSPS) is 11.3. The van der Waals surface area contributed by atoms with Gasteiger partial charge in [-0.2, -0.15) is 0 Å².